The lowest BCUT2D eigenvalue weighted by molar-refractivity contribution is 0.0735. The maximum absolute atomic E-state index is 13.5. The van der Waals surface area contributed by atoms with Crippen molar-refractivity contribution in [2.45, 2.75) is 39.2 Å². The molecular weight excluding hydrogens is 327 g/mol. The third-order valence-corrected chi connectivity index (χ3v) is 5.22. The van der Waals surface area contributed by atoms with Crippen molar-refractivity contribution in [1.82, 2.24) is 9.88 Å². The zero-order chi connectivity index (χ0) is 18.5. The van der Waals surface area contributed by atoms with Gasteiger partial charge in [0, 0.05) is 47.2 Å². The first-order chi connectivity index (χ1) is 12.3. The van der Waals surface area contributed by atoms with Gasteiger partial charge in [0.05, 0.1) is 0 Å². The Morgan fingerprint density at radius 1 is 1.12 bits per heavy atom. The molecule has 0 fully saturated rings. The lowest BCUT2D eigenvalue weighted by atomic mass is 9.86. The summed E-state index contributed by atoms with van der Waals surface area (Å²) < 4.78 is 13.5. The van der Waals surface area contributed by atoms with E-state index in [-0.39, 0.29) is 17.1 Å². The van der Waals surface area contributed by atoms with Gasteiger partial charge in [-0.05, 0) is 41.3 Å². The number of carbonyl (C=O) groups excluding carboxylic acids is 1. The van der Waals surface area contributed by atoms with Gasteiger partial charge >= 0.3 is 0 Å². The minimum Gasteiger partial charge on any atom is -0.358 e. The Hall–Kier alpha value is -2.62. The zero-order valence-electron chi connectivity index (χ0n) is 15.4. The van der Waals surface area contributed by atoms with E-state index < -0.39 is 0 Å². The van der Waals surface area contributed by atoms with E-state index >= 15 is 0 Å². The fourth-order valence-electron chi connectivity index (χ4n) is 3.66. The minimum absolute atomic E-state index is 0.0487. The first-order valence-electron chi connectivity index (χ1n) is 9.02. The molecule has 0 bridgehead atoms. The number of benzene rings is 2. The Morgan fingerprint density at radius 3 is 2.54 bits per heavy atom. The second-order valence-corrected chi connectivity index (χ2v) is 8.08. The van der Waals surface area contributed by atoms with Crippen LogP contribution in [0.15, 0.2) is 42.5 Å². The monoisotopic (exact) mass is 350 g/mol. The molecule has 0 saturated carbocycles. The van der Waals surface area contributed by atoms with Gasteiger partial charge in [-0.1, -0.05) is 32.9 Å². The van der Waals surface area contributed by atoms with Crippen molar-refractivity contribution in [3.63, 3.8) is 0 Å². The van der Waals surface area contributed by atoms with E-state index in [1.807, 2.05) is 29.2 Å². The summed E-state index contributed by atoms with van der Waals surface area (Å²) in [4.78, 5) is 18.1. The predicted molar refractivity (Wildman–Crippen MR) is 102 cm³/mol. The summed E-state index contributed by atoms with van der Waals surface area (Å²) in [6, 6.07) is 12.7. The van der Waals surface area contributed by atoms with Crippen LogP contribution in [0.1, 0.15) is 48.0 Å². The number of aromatic nitrogens is 1. The highest BCUT2D eigenvalue weighted by Crippen LogP contribution is 2.29. The van der Waals surface area contributed by atoms with E-state index in [0.29, 0.717) is 18.7 Å². The fraction of sp³-hybridized carbons (Fsp3) is 0.318. The minimum atomic E-state index is -0.247. The molecule has 3 aromatic rings. The second kappa shape index (κ2) is 5.97. The normalized spacial score (nSPS) is 14.5. The van der Waals surface area contributed by atoms with Gasteiger partial charge in [-0.2, -0.15) is 0 Å². The van der Waals surface area contributed by atoms with Crippen molar-refractivity contribution in [2.75, 3.05) is 6.54 Å². The highest BCUT2D eigenvalue weighted by Gasteiger charge is 2.25. The average Bonchev–Trinajstić information content (AvgIpc) is 2.97. The maximum Gasteiger partial charge on any atom is 0.254 e. The molecule has 26 heavy (non-hydrogen) atoms. The first-order valence-corrected chi connectivity index (χ1v) is 9.02. The molecule has 1 aliphatic heterocycles. The summed E-state index contributed by atoms with van der Waals surface area (Å²) in [5.74, 6) is -0.199. The molecule has 1 amide bonds. The maximum atomic E-state index is 13.5. The van der Waals surface area contributed by atoms with Gasteiger partial charge in [-0.3, -0.25) is 4.79 Å². The number of amides is 1. The molecule has 0 aliphatic carbocycles. The molecular formula is C22H23FN2O. The van der Waals surface area contributed by atoms with Crippen LogP contribution in [-0.2, 0) is 18.4 Å². The van der Waals surface area contributed by atoms with E-state index in [1.165, 1.54) is 17.7 Å². The van der Waals surface area contributed by atoms with Gasteiger partial charge in [0.2, 0.25) is 0 Å². The van der Waals surface area contributed by atoms with Gasteiger partial charge in [0.1, 0.15) is 5.82 Å². The predicted octanol–water partition coefficient (Wildman–Crippen LogP) is 4.80. The number of nitrogens with zero attached hydrogens (tertiary/aromatic N) is 1. The molecule has 0 radical (unpaired) electrons. The zero-order valence-corrected chi connectivity index (χ0v) is 15.4. The van der Waals surface area contributed by atoms with Gasteiger partial charge in [-0.15, -0.1) is 0 Å². The topological polar surface area (TPSA) is 36.1 Å². The summed E-state index contributed by atoms with van der Waals surface area (Å²) >= 11 is 0. The number of H-pyrrole nitrogens is 1. The van der Waals surface area contributed by atoms with Crippen molar-refractivity contribution >= 4 is 16.8 Å². The van der Waals surface area contributed by atoms with Crippen LogP contribution in [0.3, 0.4) is 0 Å². The van der Waals surface area contributed by atoms with Crippen molar-refractivity contribution in [1.29, 1.82) is 0 Å². The number of hydrogen-bond acceptors (Lipinski definition) is 1. The average molecular weight is 350 g/mol. The van der Waals surface area contributed by atoms with Crippen LogP contribution in [0.2, 0.25) is 0 Å². The van der Waals surface area contributed by atoms with Gasteiger partial charge in [-0.25, -0.2) is 4.39 Å². The van der Waals surface area contributed by atoms with E-state index in [2.05, 4.69) is 25.8 Å². The molecule has 1 aromatic heterocycles. The number of carbonyl (C=O) groups is 1. The quantitative estimate of drug-likeness (QED) is 0.672. The van der Waals surface area contributed by atoms with Crippen LogP contribution >= 0.6 is 0 Å². The third kappa shape index (κ3) is 2.90. The molecule has 0 saturated heterocycles. The molecule has 4 heteroatoms. The van der Waals surface area contributed by atoms with Crippen LogP contribution < -0.4 is 0 Å². The Balaban J connectivity index is 1.60. The molecule has 2 heterocycles. The lowest BCUT2D eigenvalue weighted by Crippen LogP contribution is -2.35. The first kappa shape index (κ1) is 16.8. The second-order valence-electron chi connectivity index (χ2n) is 8.08. The van der Waals surface area contributed by atoms with Crippen LogP contribution in [0.5, 0.6) is 0 Å². The molecule has 1 N–H and O–H groups in total. The third-order valence-electron chi connectivity index (χ3n) is 5.22. The van der Waals surface area contributed by atoms with Crippen molar-refractivity contribution in [2.24, 2.45) is 0 Å². The van der Waals surface area contributed by atoms with Crippen LogP contribution in [0.25, 0.3) is 10.9 Å². The molecule has 2 aromatic carbocycles. The van der Waals surface area contributed by atoms with E-state index in [1.54, 1.807) is 6.07 Å². The molecule has 0 spiro atoms. The Labute approximate surface area is 152 Å². The number of hydrogen-bond donors (Lipinski definition) is 1. The van der Waals surface area contributed by atoms with E-state index in [0.717, 1.165) is 28.6 Å². The SMILES string of the molecule is CC(C)(C)c1ccc(C(=O)N2CCc3[nH]c4cc(F)ccc4c3C2)cc1. The number of halogens is 1. The molecule has 0 unspecified atom stereocenters. The van der Waals surface area contributed by atoms with Gasteiger partial charge < -0.3 is 9.88 Å². The Morgan fingerprint density at radius 2 is 1.85 bits per heavy atom. The van der Waals surface area contributed by atoms with Crippen LogP contribution in [-0.4, -0.2) is 22.3 Å². The summed E-state index contributed by atoms with van der Waals surface area (Å²) in [6.45, 7) is 7.71. The van der Waals surface area contributed by atoms with Crippen molar-refractivity contribution < 1.29 is 9.18 Å². The smallest absolute Gasteiger partial charge is 0.254 e. The molecule has 134 valence electrons. The largest absolute Gasteiger partial charge is 0.358 e. The highest BCUT2D eigenvalue weighted by molar-refractivity contribution is 5.95. The molecule has 4 rings (SSSR count). The van der Waals surface area contributed by atoms with E-state index in [9.17, 15) is 9.18 Å². The Bertz CT molecular complexity index is 980. The van der Waals surface area contributed by atoms with Gasteiger partial charge in [0.25, 0.3) is 5.91 Å². The molecule has 1 aliphatic rings. The number of fused-ring (bicyclic) bond motifs is 3. The van der Waals surface area contributed by atoms with Crippen LogP contribution in [0, 0.1) is 5.82 Å². The summed E-state index contributed by atoms with van der Waals surface area (Å²) in [7, 11) is 0. The fourth-order valence-corrected chi connectivity index (χ4v) is 3.66. The molecule has 3 nitrogen and oxygen atoms in total. The van der Waals surface area contributed by atoms with Crippen molar-refractivity contribution in [3.05, 3.63) is 70.7 Å². The standard InChI is InChI=1S/C22H23FN2O/c1-22(2,3)15-6-4-14(5-7-15)21(26)25-11-10-19-18(13-25)17-9-8-16(23)12-20(17)24-19/h4-9,12,24H,10-11,13H2,1-3H3. The highest BCUT2D eigenvalue weighted by atomic mass is 19.1. The van der Waals surface area contributed by atoms with Crippen LogP contribution in [0.4, 0.5) is 4.39 Å². The van der Waals surface area contributed by atoms with Crippen molar-refractivity contribution in [3.8, 4) is 0 Å². The lowest BCUT2D eigenvalue weighted by Gasteiger charge is -2.27. The summed E-state index contributed by atoms with van der Waals surface area (Å²) in [6.07, 6.45) is 0.761. The Kier molecular flexibility index (Phi) is 3.87. The van der Waals surface area contributed by atoms with E-state index in [4.69, 9.17) is 0 Å². The summed E-state index contributed by atoms with van der Waals surface area (Å²) in [5, 5.41) is 1.00. The van der Waals surface area contributed by atoms with Gasteiger partial charge in [0.15, 0.2) is 0 Å². The summed E-state index contributed by atoms with van der Waals surface area (Å²) in [5.41, 5.74) is 5.02. The number of aromatic amines is 1. The number of rotatable bonds is 1. The molecule has 0 atom stereocenters. The number of nitrogens with one attached hydrogen (secondary N) is 1.